The highest BCUT2D eigenvalue weighted by atomic mass is 32.2. The minimum absolute atomic E-state index is 0.0455. The van der Waals surface area contributed by atoms with Gasteiger partial charge >= 0.3 is 0 Å². The Morgan fingerprint density at radius 3 is 2.56 bits per heavy atom. The molecule has 8 heteroatoms. The number of carbonyl (C=O) groups is 1. The van der Waals surface area contributed by atoms with Crippen LogP contribution in [0.2, 0.25) is 0 Å². The van der Waals surface area contributed by atoms with E-state index in [1.165, 1.54) is 4.31 Å². The van der Waals surface area contributed by atoms with E-state index in [0.717, 1.165) is 6.42 Å². The number of hydrogen-bond acceptors (Lipinski definition) is 5. The summed E-state index contributed by atoms with van der Waals surface area (Å²) in [6.07, 6.45) is 1.62. The van der Waals surface area contributed by atoms with Crippen molar-refractivity contribution >= 4 is 15.9 Å². The molecule has 2 aliphatic rings. The van der Waals surface area contributed by atoms with Crippen LogP contribution in [0.1, 0.15) is 19.3 Å². The molecule has 2 atom stereocenters. The van der Waals surface area contributed by atoms with Gasteiger partial charge in [-0.15, -0.1) is 0 Å². The molecule has 7 nitrogen and oxygen atoms in total. The Kier molecular flexibility index (Phi) is 5.73. The molecule has 2 heterocycles. The average Bonchev–Trinajstić information content (AvgIpc) is 2.98. The maximum Gasteiger partial charge on any atom is 0.251 e. The van der Waals surface area contributed by atoms with E-state index in [0.29, 0.717) is 50.5 Å². The van der Waals surface area contributed by atoms with Gasteiger partial charge in [0.05, 0.1) is 11.0 Å². The summed E-state index contributed by atoms with van der Waals surface area (Å²) in [6, 6.07) is 8.42. The SMILES string of the molecule is NC[C@H]1CC[C@@H](C(=O)N2CCCN(S(=O)(=O)c3ccccc3)CC2)O1. The molecule has 2 aliphatic heterocycles. The van der Waals surface area contributed by atoms with Gasteiger partial charge in [-0.05, 0) is 31.4 Å². The summed E-state index contributed by atoms with van der Waals surface area (Å²) >= 11 is 0. The summed E-state index contributed by atoms with van der Waals surface area (Å²) in [5.74, 6) is -0.0464. The summed E-state index contributed by atoms with van der Waals surface area (Å²) < 4.78 is 32.6. The number of rotatable bonds is 4. The molecule has 1 aromatic carbocycles. The molecule has 0 bridgehead atoms. The molecule has 1 amide bonds. The van der Waals surface area contributed by atoms with Crippen molar-refractivity contribution in [1.82, 2.24) is 9.21 Å². The second kappa shape index (κ2) is 7.82. The van der Waals surface area contributed by atoms with Gasteiger partial charge in [0.2, 0.25) is 10.0 Å². The van der Waals surface area contributed by atoms with E-state index >= 15 is 0 Å². The summed E-state index contributed by atoms with van der Waals surface area (Å²) in [6.45, 7) is 2.08. The lowest BCUT2D eigenvalue weighted by Gasteiger charge is -2.24. The number of hydrogen-bond donors (Lipinski definition) is 1. The zero-order valence-corrected chi connectivity index (χ0v) is 15.0. The Morgan fingerprint density at radius 1 is 1.12 bits per heavy atom. The minimum Gasteiger partial charge on any atom is -0.364 e. The number of ether oxygens (including phenoxy) is 1. The van der Waals surface area contributed by atoms with Crippen LogP contribution in [0.3, 0.4) is 0 Å². The molecule has 2 N–H and O–H groups in total. The van der Waals surface area contributed by atoms with Gasteiger partial charge in [-0.25, -0.2) is 8.42 Å². The normalized spacial score (nSPS) is 25.7. The maximum absolute atomic E-state index is 12.7. The fraction of sp³-hybridized carbons (Fsp3) is 0.588. The summed E-state index contributed by atoms with van der Waals surface area (Å²) in [5, 5.41) is 0. The van der Waals surface area contributed by atoms with Gasteiger partial charge in [0, 0.05) is 32.7 Å². The molecule has 0 aliphatic carbocycles. The van der Waals surface area contributed by atoms with Gasteiger partial charge in [-0.3, -0.25) is 4.79 Å². The van der Waals surface area contributed by atoms with E-state index in [1.807, 2.05) is 0 Å². The Morgan fingerprint density at radius 2 is 1.88 bits per heavy atom. The van der Waals surface area contributed by atoms with E-state index in [4.69, 9.17) is 10.5 Å². The molecule has 0 unspecified atom stereocenters. The molecule has 25 heavy (non-hydrogen) atoms. The van der Waals surface area contributed by atoms with Crippen molar-refractivity contribution in [2.75, 3.05) is 32.7 Å². The lowest BCUT2D eigenvalue weighted by Crippen LogP contribution is -2.42. The van der Waals surface area contributed by atoms with Crippen molar-refractivity contribution in [3.63, 3.8) is 0 Å². The van der Waals surface area contributed by atoms with Gasteiger partial charge in [-0.2, -0.15) is 4.31 Å². The van der Waals surface area contributed by atoms with Gasteiger partial charge in [0.1, 0.15) is 6.10 Å². The number of amides is 1. The van der Waals surface area contributed by atoms with Crippen LogP contribution in [0.25, 0.3) is 0 Å². The van der Waals surface area contributed by atoms with Crippen LogP contribution < -0.4 is 5.73 Å². The molecule has 2 fully saturated rings. The Bertz CT molecular complexity index is 695. The molecular formula is C17H25N3O4S. The van der Waals surface area contributed by atoms with E-state index in [9.17, 15) is 13.2 Å². The van der Waals surface area contributed by atoms with Crippen LogP contribution in [0.4, 0.5) is 0 Å². The molecule has 2 saturated heterocycles. The molecule has 0 spiro atoms. The van der Waals surface area contributed by atoms with E-state index in [1.54, 1.807) is 35.2 Å². The number of nitrogens with zero attached hydrogens (tertiary/aromatic N) is 2. The van der Waals surface area contributed by atoms with Crippen LogP contribution in [0.5, 0.6) is 0 Å². The van der Waals surface area contributed by atoms with Crippen molar-refractivity contribution in [1.29, 1.82) is 0 Å². The number of carbonyl (C=O) groups excluding carboxylic acids is 1. The highest BCUT2D eigenvalue weighted by Gasteiger charge is 2.34. The first-order valence-corrected chi connectivity index (χ1v) is 10.2. The van der Waals surface area contributed by atoms with Gasteiger partial charge in [0.25, 0.3) is 5.91 Å². The van der Waals surface area contributed by atoms with Crippen LogP contribution in [0, 0.1) is 0 Å². The third-order valence-corrected chi connectivity index (χ3v) is 6.71. The largest absolute Gasteiger partial charge is 0.364 e. The average molecular weight is 367 g/mol. The van der Waals surface area contributed by atoms with Crippen molar-refractivity contribution in [3.8, 4) is 0 Å². The summed E-state index contributed by atoms with van der Waals surface area (Å²) in [4.78, 5) is 14.7. The van der Waals surface area contributed by atoms with Crippen molar-refractivity contribution in [3.05, 3.63) is 30.3 Å². The van der Waals surface area contributed by atoms with Gasteiger partial charge in [-0.1, -0.05) is 18.2 Å². The first kappa shape index (κ1) is 18.3. The quantitative estimate of drug-likeness (QED) is 0.832. The van der Waals surface area contributed by atoms with Crippen LogP contribution >= 0.6 is 0 Å². The second-order valence-corrected chi connectivity index (χ2v) is 8.39. The van der Waals surface area contributed by atoms with Gasteiger partial charge in [0.15, 0.2) is 0 Å². The van der Waals surface area contributed by atoms with E-state index in [-0.39, 0.29) is 12.0 Å². The molecule has 138 valence electrons. The summed E-state index contributed by atoms with van der Waals surface area (Å²) in [5.41, 5.74) is 5.60. The molecule has 3 rings (SSSR count). The smallest absolute Gasteiger partial charge is 0.251 e. The van der Waals surface area contributed by atoms with Gasteiger partial charge < -0.3 is 15.4 Å². The van der Waals surface area contributed by atoms with Crippen molar-refractivity contribution in [2.24, 2.45) is 5.73 Å². The van der Waals surface area contributed by atoms with Crippen molar-refractivity contribution in [2.45, 2.75) is 36.4 Å². The Hall–Kier alpha value is -1.48. The molecule has 0 aromatic heterocycles. The van der Waals surface area contributed by atoms with Crippen LogP contribution in [-0.2, 0) is 19.6 Å². The fourth-order valence-electron chi connectivity index (χ4n) is 3.36. The van der Waals surface area contributed by atoms with Crippen molar-refractivity contribution < 1.29 is 17.9 Å². The van der Waals surface area contributed by atoms with Crippen LogP contribution in [0.15, 0.2) is 35.2 Å². The number of nitrogens with two attached hydrogens (primary N) is 1. The lowest BCUT2D eigenvalue weighted by atomic mass is 10.2. The second-order valence-electron chi connectivity index (χ2n) is 6.46. The summed E-state index contributed by atoms with van der Waals surface area (Å²) in [7, 11) is -3.52. The van der Waals surface area contributed by atoms with Crippen LogP contribution in [-0.4, -0.2) is 68.5 Å². The zero-order valence-electron chi connectivity index (χ0n) is 14.2. The highest BCUT2D eigenvalue weighted by molar-refractivity contribution is 7.89. The van der Waals surface area contributed by atoms with E-state index < -0.39 is 16.1 Å². The standard InChI is InChI=1S/C17H25N3O4S/c18-13-14-7-8-16(24-14)17(21)19-9-4-10-20(12-11-19)25(22,23)15-5-2-1-3-6-15/h1-3,5-6,14,16H,4,7-13,18H2/t14-,16+/m1/s1. The molecule has 0 saturated carbocycles. The maximum atomic E-state index is 12.7. The highest BCUT2D eigenvalue weighted by Crippen LogP contribution is 2.22. The topological polar surface area (TPSA) is 92.9 Å². The fourth-order valence-corrected chi connectivity index (χ4v) is 4.85. The third-order valence-electron chi connectivity index (χ3n) is 4.79. The van der Waals surface area contributed by atoms with E-state index in [2.05, 4.69) is 0 Å². The third kappa shape index (κ3) is 4.03. The molecule has 1 aromatic rings. The Balaban J connectivity index is 1.64. The predicted octanol–water partition coefficient (Wildman–Crippen LogP) is 0.416. The molecular weight excluding hydrogens is 342 g/mol. The zero-order chi connectivity index (χ0) is 17.9. The first-order valence-electron chi connectivity index (χ1n) is 8.72. The lowest BCUT2D eigenvalue weighted by molar-refractivity contribution is -0.142. The molecule has 0 radical (unpaired) electrons. The minimum atomic E-state index is -3.52. The number of sulfonamides is 1. The first-order chi connectivity index (χ1) is 12.0. The predicted molar refractivity (Wildman–Crippen MR) is 93.3 cm³/mol. The Labute approximate surface area is 148 Å². The number of benzene rings is 1. The monoisotopic (exact) mass is 367 g/mol.